The maximum absolute atomic E-state index is 6.91. The number of para-hydroxylation sites is 2. The zero-order valence-electron chi connectivity index (χ0n) is 20.4. The summed E-state index contributed by atoms with van der Waals surface area (Å²) in [6.45, 7) is 0. The topological polar surface area (TPSA) is 38.3 Å². The zero-order valence-corrected chi connectivity index (χ0v) is 21.3. The highest BCUT2D eigenvalue weighted by molar-refractivity contribution is 7.50. The van der Waals surface area contributed by atoms with Gasteiger partial charge in [0.1, 0.15) is 11.2 Å². The molecule has 1 N–H and O–H groups in total. The molecule has 0 amide bonds. The summed E-state index contributed by atoms with van der Waals surface area (Å²) in [5, 5.41) is 11.5. The average Bonchev–Trinajstić information content (AvgIpc) is 3.25. The van der Waals surface area contributed by atoms with Crippen LogP contribution in [0.3, 0.4) is 0 Å². The molecule has 3 nitrogen and oxygen atoms in total. The summed E-state index contributed by atoms with van der Waals surface area (Å²) >= 11 is 0. The predicted octanol–water partition coefficient (Wildman–Crippen LogP) is 10.7. The van der Waals surface area contributed by atoms with E-state index in [0.29, 0.717) is 0 Å². The molecule has 8 rings (SSSR count). The average molecular weight is 508 g/mol. The summed E-state index contributed by atoms with van der Waals surface area (Å²) in [5.74, 6) is 0. The Morgan fingerprint density at radius 3 is 1.74 bits per heavy atom. The Balaban J connectivity index is 1.57. The second-order valence-electron chi connectivity index (χ2n) is 9.55. The lowest BCUT2D eigenvalue weighted by atomic mass is 9.99. The van der Waals surface area contributed by atoms with E-state index in [1.165, 1.54) is 10.8 Å². The smallest absolute Gasteiger partial charge is 0.253 e. The minimum Gasteiger partial charge on any atom is -0.416 e. The molecule has 7 aromatic rings. The quantitative estimate of drug-likeness (QED) is 0.240. The summed E-state index contributed by atoms with van der Waals surface area (Å²) in [5.41, 5.74) is 5.98. The lowest BCUT2D eigenvalue weighted by Gasteiger charge is -2.10. The monoisotopic (exact) mass is 507 g/mol. The van der Waals surface area contributed by atoms with Crippen molar-refractivity contribution in [2.45, 2.75) is 0 Å². The molecule has 0 fully saturated rings. The van der Waals surface area contributed by atoms with Crippen LogP contribution in [0.2, 0.25) is 0 Å². The van der Waals surface area contributed by atoms with Gasteiger partial charge >= 0.3 is 0 Å². The van der Waals surface area contributed by atoms with Crippen LogP contribution >= 0.6 is 8.01 Å². The number of hydrogen-bond donors (Lipinski definition) is 1. The lowest BCUT2D eigenvalue weighted by molar-refractivity contribution is 0.652. The number of nitrogens with one attached hydrogen (secondary N) is 1. The molecule has 0 saturated carbocycles. The van der Waals surface area contributed by atoms with Crippen LogP contribution in [0, 0.1) is 0 Å². The summed E-state index contributed by atoms with van der Waals surface area (Å²) in [7, 11) is -1.51. The van der Waals surface area contributed by atoms with Gasteiger partial charge in [-0.3, -0.25) is 0 Å². The van der Waals surface area contributed by atoms with Gasteiger partial charge in [0.2, 0.25) is 0 Å². The Hall–Kier alpha value is -4.72. The fourth-order valence-electron chi connectivity index (χ4n) is 5.54. The molecule has 38 heavy (non-hydrogen) atoms. The summed E-state index contributed by atoms with van der Waals surface area (Å²) in [6, 6.07) is 42.2. The lowest BCUT2D eigenvalue weighted by Crippen LogP contribution is -1.92. The van der Waals surface area contributed by atoms with E-state index in [1.807, 2.05) is 0 Å². The van der Waals surface area contributed by atoms with Crippen LogP contribution in [-0.2, 0) is 0 Å². The van der Waals surface area contributed by atoms with Gasteiger partial charge in [-0.15, -0.1) is 0 Å². The molecular weight excluding hydrogens is 485 g/mol. The molecule has 1 aliphatic rings. The Morgan fingerprint density at radius 2 is 1.05 bits per heavy atom. The van der Waals surface area contributed by atoms with E-state index in [1.54, 1.807) is 0 Å². The molecule has 4 heteroatoms. The van der Waals surface area contributed by atoms with E-state index in [9.17, 15) is 0 Å². The highest BCUT2D eigenvalue weighted by atomic mass is 31.1. The third-order valence-corrected chi connectivity index (χ3v) is 8.80. The van der Waals surface area contributed by atoms with Crippen LogP contribution in [0.4, 0.5) is 11.4 Å². The third kappa shape index (κ3) is 3.30. The minimum atomic E-state index is -1.51. The second kappa shape index (κ2) is 8.41. The first-order valence-corrected chi connectivity index (χ1v) is 13.9. The molecule has 2 heterocycles. The first-order valence-electron chi connectivity index (χ1n) is 12.7. The Labute approximate surface area is 220 Å². The van der Waals surface area contributed by atoms with Crippen LogP contribution < -0.4 is 5.32 Å². The van der Waals surface area contributed by atoms with Crippen molar-refractivity contribution in [3.63, 3.8) is 0 Å². The Kier molecular flexibility index (Phi) is 4.73. The van der Waals surface area contributed by atoms with Gasteiger partial charge in [0, 0.05) is 27.7 Å². The third-order valence-electron chi connectivity index (χ3n) is 7.32. The number of anilines is 2. The van der Waals surface area contributed by atoms with Crippen molar-refractivity contribution in [3.05, 3.63) is 132 Å². The van der Waals surface area contributed by atoms with Crippen molar-refractivity contribution in [2.75, 3.05) is 5.32 Å². The molecule has 1 aliphatic heterocycles. The van der Waals surface area contributed by atoms with Gasteiger partial charge < -0.3 is 13.7 Å². The highest BCUT2D eigenvalue weighted by Gasteiger charge is 2.21. The maximum Gasteiger partial charge on any atom is 0.253 e. The number of fused-ring (bicyclic) bond motifs is 9. The van der Waals surface area contributed by atoms with E-state index < -0.39 is 8.01 Å². The standard InChI is InChI=1S/C34H22NO2P/c1-4-12-25-22(9-1)17-19-30-33(25)34-26-13-5-2-10-23(26)18-20-31(34)37-38(36-30)32-21-24-11-3-7-15-28(24)35-29-16-8-6-14-27(29)32/h1-21,35H. The molecule has 1 aromatic heterocycles. The van der Waals surface area contributed by atoms with Gasteiger partial charge in [0.25, 0.3) is 8.01 Å². The van der Waals surface area contributed by atoms with Gasteiger partial charge in [0.15, 0.2) is 0 Å². The fraction of sp³-hybridized carbons (Fsp3) is 0. The summed E-state index contributed by atoms with van der Waals surface area (Å²) in [6.07, 6.45) is 2.21. The van der Waals surface area contributed by atoms with Crippen molar-refractivity contribution < 1.29 is 8.39 Å². The number of rotatable bonds is 1. The van der Waals surface area contributed by atoms with E-state index in [0.717, 1.165) is 60.5 Å². The van der Waals surface area contributed by atoms with E-state index in [4.69, 9.17) is 8.39 Å². The molecule has 6 aromatic carbocycles. The minimum absolute atomic E-state index is 0.841. The Morgan fingerprint density at radius 1 is 0.500 bits per heavy atom. The van der Waals surface area contributed by atoms with Gasteiger partial charge in [0.05, 0.1) is 5.31 Å². The fourth-order valence-corrected chi connectivity index (χ4v) is 7.07. The largest absolute Gasteiger partial charge is 0.416 e. The van der Waals surface area contributed by atoms with Crippen LogP contribution in [0.15, 0.2) is 130 Å². The normalized spacial score (nSPS) is 12.6. The molecule has 0 spiro atoms. The first kappa shape index (κ1) is 21.4. The molecule has 0 aliphatic carbocycles. The zero-order chi connectivity index (χ0) is 25.1. The highest BCUT2D eigenvalue weighted by Crippen LogP contribution is 2.51. The van der Waals surface area contributed by atoms with Crippen molar-refractivity contribution in [3.8, 4) is 0 Å². The first-order chi connectivity index (χ1) is 18.8. The van der Waals surface area contributed by atoms with Crippen molar-refractivity contribution in [2.24, 2.45) is 0 Å². The number of benzene rings is 6. The molecular formula is C34H22NO2P. The summed E-state index contributed by atoms with van der Waals surface area (Å²) in [4.78, 5) is 0. The second-order valence-corrected chi connectivity index (χ2v) is 10.9. The number of hydrogen-bond acceptors (Lipinski definition) is 3. The van der Waals surface area contributed by atoms with E-state index in [2.05, 4.69) is 133 Å². The van der Waals surface area contributed by atoms with E-state index in [-0.39, 0.29) is 0 Å². The maximum atomic E-state index is 6.91. The molecule has 0 radical (unpaired) electrons. The van der Waals surface area contributed by atoms with Gasteiger partial charge in [-0.05, 0) is 57.4 Å². The van der Waals surface area contributed by atoms with Crippen LogP contribution in [0.25, 0.3) is 54.9 Å². The SMILES string of the molecule is C1=C(p2oc3ccc4ccccc4c3c3c(ccc4ccccc43)o2)c2ccccc2Nc2ccccc21. The van der Waals surface area contributed by atoms with Crippen molar-refractivity contribution >= 4 is 74.3 Å². The van der Waals surface area contributed by atoms with Gasteiger partial charge in [-0.2, -0.15) is 0 Å². The molecule has 0 atom stereocenters. The molecule has 0 unspecified atom stereocenters. The molecule has 0 saturated heterocycles. The summed E-state index contributed by atoms with van der Waals surface area (Å²) < 4.78 is 13.8. The van der Waals surface area contributed by atoms with Crippen LogP contribution in [-0.4, -0.2) is 0 Å². The van der Waals surface area contributed by atoms with Crippen molar-refractivity contribution in [1.29, 1.82) is 0 Å². The molecule has 0 bridgehead atoms. The van der Waals surface area contributed by atoms with Gasteiger partial charge in [-0.25, -0.2) is 0 Å². The Bertz CT molecular complexity index is 2030. The van der Waals surface area contributed by atoms with Crippen LogP contribution in [0.5, 0.6) is 0 Å². The predicted molar refractivity (Wildman–Crippen MR) is 161 cm³/mol. The van der Waals surface area contributed by atoms with Crippen LogP contribution in [0.1, 0.15) is 11.1 Å². The van der Waals surface area contributed by atoms with Gasteiger partial charge in [-0.1, -0.05) is 97.1 Å². The van der Waals surface area contributed by atoms with Crippen molar-refractivity contribution in [1.82, 2.24) is 0 Å². The molecule has 180 valence electrons. The van der Waals surface area contributed by atoms with E-state index >= 15 is 0 Å².